The van der Waals surface area contributed by atoms with Gasteiger partial charge < -0.3 is 19.1 Å². The topological polar surface area (TPSA) is 51.4 Å². The summed E-state index contributed by atoms with van der Waals surface area (Å²) in [6.45, 7) is 6.21. The third kappa shape index (κ3) is 5.90. The molecular weight excluding hydrogens is 812 g/mol. The maximum absolute atomic E-state index is 6.67. The molecular formula is C43H31N6OPt-3. The van der Waals surface area contributed by atoms with Gasteiger partial charge in [-0.15, -0.1) is 53.6 Å². The van der Waals surface area contributed by atoms with Gasteiger partial charge in [0.2, 0.25) is 0 Å². The largest absolute Gasteiger partial charge is 0.509 e. The number of nitrogens with zero attached hydrogens (tertiary/aromatic N) is 6. The molecule has 0 amide bonds. The predicted molar refractivity (Wildman–Crippen MR) is 200 cm³/mol. The third-order valence-electron chi connectivity index (χ3n) is 9.04. The first-order valence-corrected chi connectivity index (χ1v) is 16.5. The van der Waals surface area contributed by atoms with E-state index in [1.807, 2.05) is 103 Å². The van der Waals surface area contributed by atoms with E-state index in [2.05, 4.69) is 99.9 Å². The molecule has 8 aromatic rings. The second-order valence-corrected chi connectivity index (χ2v) is 12.2. The second kappa shape index (κ2) is 13.4. The molecule has 0 aliphatic carbocycles. The molecule has 1 aliphatic heterocycles. The van der Waals surface area contributed by atoms with Gasteiger partial charge in [0.05, 0.1) is 11.4 Å². The number of fused-ring (bicyclic) bond motifs is 3. The van der Waals surface area contributed by atoms with Crippen LogP contribution in [-0.4, -0.2) is 19.3 Å². The molecule has 7 nitrogen and oxygen atoms in total. The van der Waals surface area contributed by atoms with Crippen molar-refractivity contribution in [2.24, 2.45) is 0 Å². The third-order valence-corrected chi connectivity index (χ3v) is 9.04. The van der Waals surface area contributed by atoms with E-state index in [0.717, 1.165) is 67.2 Å². The van der Waals surface area contributed by atoms with Crippen LogP contribution in [0.5, 0.6) is 11.5 Å². The van der Waals surface area contributed by atoms with Crippen molar-refractivity contribution >= 4 is 33.2 Å². The summed E-state index contributed by atoms with van der Waals surface area (Å²) < 4.78 is 10.8. The first-order chi connectivity index (χ1) is 24.6. The van der Waals surface area contributed by atoms with Gasteiger partial charge in [-0.05, 0) is 74.1 Å². The molecule has 1 aliphatic rings. The molecule has 3 aromatic heterocycles. The molecule has 9 rings (SSSR count). The number of anilines is 2. The van der Waals surface area contributed by atoms with E-state index >= 15 is 0 Å². The summed E-state index contributed by atoms with van der Waals surface area (Å²) in [6, 6.07) is 50.1. The smallest absolute Gasteiger partial charge is 0.135 e. The van der Waals surface area contributed by atoms with E-state index in [1.54, 1.807) is 0 Å². The van der Waals surface area contributed by atoms with Crippen molar-refractivity contribution in [1.82, 2.24) is 19.3 Å². The number of benzene rings is 5. The van der Waals surface area contributed by atoms with Gasteiger partial charge in [0.15, 0.2) is 0 Å². The first-order valence-electron chi connectivity index (χ1n) is 16.5. The standard InChI is InChI=1S/C43H31N6O.Pt/c1-30-43(31(2)49(45-30)34-15-7-4-8-16-34)32-25-35(47-24-23-46(29-47)33-13-5-3-6-14-33)27-37(26-32)50-36-20-21-39-38-17-9-10-18-40(38)48(41(39)28-36)42-19-11-12-22-44-42;/h3-26,29H,1-2H3;/q-3;. The molecule has 0 saturated carbocycles. The van der Waals surface area contributed by atoms with Crippen LogP contribution in [0.25, 0.3) is 44.4 Å². The van der Waals surface area contributed by atoms with E-state index in [0.29, 0.717) is 11.5 Å². The van der Waals surface area contributed by atoms with Crippen molar-refractivity contribution in [3.05, 3.63) is 176 Å². The number of para-hydroxylation sites is 3. The van der Waals surface area contributed by atoms with E-state index in [-0.39, 0.29) is 21.1 Å². The van der Waals surface area contributed by atoms with Gasteiger partial charge >= 0.3 is 0 Å². The van der Waals surface area contributed by atoms with E-state index in [4.69, 9.17) is 9.84 Å². The Morgan fingerprint density at radius 3 is 2.18 bits per heavy atom. The van der Waals surface area contributed by atoms with Crippen LogP contribution in [0.3, 0.4) is 0 Å². The van der Waals surface area contributed by atoms with Crippen molar-refractivity contribution in [2.45, 2.75) is 13.8 Å². The zero-order valence-corrected chi connectivity index (χ0v) is 30.1. The quantitative estimate of drug-likeness (QED) is 0.150. The molecule has 0 radical (unpaired) electrons. The van der Waals surface area contributed by atoms with Gasteiger partial charge in [-0.1, -0.05) is 66.2 Å². The summed E-state index contributed by atoms with van der Waals surface area (Å²) >= 11 is 0. The number of aryl methyl sites for hydroxylation is 1. The maximum Gasteiger partial charge on any atom is 0.135 e. The van der Waals surface area contributed by atoms with E-state index in [9.17, 15) is 0 Å². The molecule has 252 valence electrons. The minimum absolute atomic E-state index is 0. The van der Waals surface area contributed by atoms with Crippen molar-refractivity contribution < 1.29 is 25.8 Å². The number of hydrogen-bond acceptors (Lipinski definition) is 5. The van der Waals surface area contributed by atoms with Crippen LogP contribution in [0.4, 0.5) is 11.4 Å². The Hall–Kier alpha value is -5.91. The van der Waals surface area contributed by atoms with Crippen LogP contribution in [0, 0.1) is 32.6 Å². The number of rotatable bonds is 7. The second-order valence-electron chi connectivity index (χ2n) is 12.2. The molecule has 0 bridgehead atoms. The number of hydrogen-bond donors (Lipinski definition) is 0. The Morgan fingerprint density at radius 1 is 0.667 bits per heavy atom. The monoisotopic (exact) mass is 842 g/mol. The zero-order chi connectivity index (χ0) is 33.6. The van der Waals surface area contributed by atoms with E-state index in [1.165, 1.54) is 0 Å². The van der Waals surface area contributed by atoms with E-state index < -0.39 is 0 Å². The van der Waals surface area contributed by atoms with Gasteiger partial charge in [-0.25, -0.2) is 9.67 Å². The molecule has 0 spiro atoms. The fourth-order valence-electron chi connectivity index (χ4n) is 6.77. The molecule has 0 N–H and O–H groups in total. The Kier molecular flexibility index (Phi) is 8.50. The van der Waals surface area contributed by atoms with Crippen molar-refractivity contribution in [3.8, 4) is 34.1 Å². The molecule has 0 unspecified atom stereocenters. The number of pyridine rings is 1. The summed E-state index contributed by atoms with van der Waals surface area (Å²) in [5, 5.41) is 7.16. The Bertz CT molecular complexity index is 2530. The van der Waals surface area contributed by atoms with Crippen molar-refractivity contribution in [3.63, 3.8) is 0 Å². The van der Waals surface area contributed by atoms with Crippen LogP contribution in [0.2, 0.25) is 0 Å². The number of ether oxygens (including phenoxy) is 1. The van der Waals surface area contributed by atoms with Crippen LogP contribution >= 0.6 is 0 Å². The minimum atomic E-state index is 0. The summed E-state index contributed by atoms with van der Waals surface area (Å²) in [7, 11) is 0. The molecule has 51 heavy (non-hydrogen) atoms. The van der Waals surface area contributed by atoms with Gasteiger partial charge in [-0.2, -0.15) is 11.2 Å². The Morgan fingerprint density at radius 2 is 1.39 bits per heavy atom. The molecule has 0 atom stereocenters. The van der Waals surface area contributed by atoms with Crippen molar-refractivity contribution in [1.29, 1.82) is 0 Å². The molecule has 5 aromatic carbocycles. The average Bonchev–Trinajstić information content (AvgIpc) is 3.86. The van der Waals surface area contributed by atoms with Crippen molar-refractivity contribution in [2.75, 3.05) is 9.80 Å². The fraction of sp³-hybridized carbons (Fsp3) is 0.0465. The van der Waals surface area contributed by atoms with Crippen LogP contribution in [0.15, 0.2) is 146 Å². The summed E-state index contributed by atoms with van der Waals surface area (Å²) in [6.07, 6.45) is 5.88. The van der Waals surface area contributed by atoms with Gasteiger partial charge in [0.25, 0.3) is 0 Å². The Labute approximate surface area is 310 Å². The minimum Gasteiger partial charge on any atom is -0.509 e. The molecule has 0 saturated heterocycles. The predicted octanol–water partition coefficient (Wildman–Crippen LogP) is 9.96. The zero-order valence-electron chi connectivity index (χ0n) is 27.8. The fourth-order valence-corrected chi connectivity index (χ4v) is 6.77. The molecule has 4 heterocycles. The maximum atomic E-state index is 6.67. The van der Waals surface area contributed by atoms with Gasteiger partial charge in [0.1, 0.15) is 5.82 Å². The summed E-state index contributed by atoms with van der Waals surface area (Å²) in [5.41, 5.74) is 8.86. The normalized spacial score (nSPS) is 12.5. The first kappa shape index (κ1) is 32.3. The molecule has 8 heteroatoms. The SMILES string of the molecule is Cc1nn(-c2ccccc2)c(C)c1-c1cc(Oc2[c-]c3c(cc2)c2ccccc2n3-c2ccccn2)[c-]c(N2C=CN(c3ccccc3)[CH-]2)c1.[Pt]. The molecule has 0 fully saturated rings. The summed E-state index contributed by atoms with van der Waals surface area (Å²) in [5.74, 6) is 1.97. The summed E-state index contributed by atoms with van der Waals surface area (Å²) in [4.78, 5) is 8.82. The Balaban J connectivity index is 0.00000374. The van der Waals surface area contributed by atoms with Crippen LogP contribution < -0.4 is 14.5 Å². The average molecular weight is 843 g/mol. The van der Waals surface area contributed by atoms with Crippen LogP contribution in [0.1, 0.15) is 11.4 Å². The van der Waals surface area contributed by atoms with Crippen LogP contribution in [-0.2, 0) is 21.1 Å². The van der Waals surface area contributed by atoms with Gasteiger partial charge in [0, 0.05) is 61.2 Å². The number of aromatic nitrogens is 4. The van der Waals surface area contributed by atoms with Gasteiger partial charge in [-0.3, -0.25) is 0 Å².